The van der Waals surface area contributed by atoms with E-state index in [1.165, 1.54) is 6.20 Å². The van der Waals surface area contributed by atoms with Crippen molar-refractivity contribution in [1.82, 2.24) is 19.9 Å². The molecule has 1 amide bonds. The number of carbonyl (C=O) groups is 1. The van der Waals surface area contributed by atoms with Gasteiger partial charge in [0.1, 0.15) is 24.4 Å². The largest absolute Gasteiger partial charge is 0.439 e. The van der Waals surface area contributed by atoms with E-state index in [2.05, 4.69) is 27.2 Å². The average molecular weight is 394 g/mol. The number of hydrogen-bond acceptors (Lipinski definition) is 7. The van der Waals surface area contributed by atoms with Gasteiger partial charge in [0.15, 0.2) is 0 Å². The van der Waals surface area contributed by atoms with E-state index in [1.807, 2.05) is 18.3 Å². The molecule has 150 valence electrons. The fourth-order valence-corrected chi connectivity index (χ4v) is 3.87. The Labute approximate surface area is 167 Å². The summed E-state index contributed by atoms with van der Waals surface area (Å²) in [6.07, 6.45) is 5.76. The van der Waals surface area contributed by atoms with Gasteiger partial charge in [-0.25, -0.2) is 9.97 Å². The highest BCUT2D eigenvalue weighted by atomic mass is 16.4. The Balaban J connectivity index is 1.67. The Hall–Kier alpha value is -3.38. The molecule has 0 spiro atoms. The normalized spacial score (nSPS) is 19.3. The summed E-state index contributed by atoms with van der Waals surface area (Å²) in [5.41, 5.74) is 2.23. The highest BCUT2D eigenvalue weighted by Crippen LogP contribution is 2.34. The van der Waals surface area contributed by atoms with Gasteiger partial charge in [-0.15, -0.1) is 0 Å². The maximum atomic E-state index is 12.2. The quantitative estimate of drug-likeness (QED) is 0.605. The Bertz CT molecular complexity index is 1070. The zero-order valence-electron chi connectivity index (χ0n) is 16.1. The number of rotatable bonds is 5. The van der Waals surface area contributed by atoms with Crippen LogP contribution < -0.4 is 5.32 Å². The van der Waals surface area contributed by atoms with Crippen molar-refractivity contribution in [2.75, 3.05) is 18.4 Å². The molecular formula is C20H22N6O3. The second-order valence-corrected chi connectivity index (χ2v) is 7.39. The number of anilines is 1. The van der Waals surface area contributed by atoms with Gasteiger partial charge >= 0.3 is 0 Å². The molecule has 9 heteroatoms. The summed E-state index contributed by atoms with van der Waals surface area (Å²) in [6, 6.07) is 3.87. The van der Waals surface area contributed by atoms with Crippen molar-refractivity contribution in [3.8, 4) is 17.5 Å². The summed E-state index contributed by atoms with van der Waals surface area (Å²) in [5.74, 6) is 0.902. The van der Waals surface area contributed by atoms with Crippen LogP contribution in [0, 0.1) is 17.2 Å². The van der Waals surface area contributed by atoms with Gasteiger partial charge in [-0.2, -0.15) is 5.26 Å². The number of piperidine rings is 1. The van der Waals surface area contributed by atoms with Crippen LogP contribution in [0.4, 0.5) is 5.69 Å². The molecule has 1 aliphatic heterocycles. The molecule has 0 bridgehead atoms. The molecule has 0 radical (unpaired) electrons. The molecule has 1 aliphatic rings. The lowest BCUT2D eigenvalue weighted by atomic mass is 9.95. The topological polar surface area (TPSA) is 131 Å². The van der Waals surface area contributed by atoms with Gasteiger partial charge in [-0.05, 0) is 18.4 Å². The Morgan fingerprint density at radius 1 is 1.45 bits per heavy atom. The number of fused-ring (bicyclic) bond motifs is 1. The standard InChI is InChI=1S/C20H22N6O3/c1-12-6-13(10-26(9-12)17(28)2-4-21)25-18-15-3-5-22-19(15)23-8-16(18)20-24-7-14(11-27)29-20/h3,5,7-8,12-13,27H,2,6,9-11H2,1H3,(H2,22,23,25)/t12-,13+/m0/s1. The summed E-state index contributed by atoms with van der Waals surface area (Å²) < 4.78 is 5.63. The van der Waals surface area contributed by atoms with Crippen LogP contribution in [0.2, 0.25) is 0 Å². The summed E-state index contributed by atoms with van der Waals surface area (Å²) in [6.45, 7) is 3.04. The van der Waals surface area contributed by atoms with Crippen LogP contribution in [0.5, 0.6) is 0 Å². The number of oxazole rings is 1. The van der Waals surface area contributed by atoms with Crippen molar-refractivity contribution in [2.45, 2.75) is 32.4 Å². The fourth-order valence-electron chi connectivity index (χ4n) is 3.87. The second-order valence-electron chi connectivity index (χ2n) is 7.39. The minimum atomic E-state index is -0.230. The van der Waals surface area contributed by atoms with E-state index in [4.69, 9.17) is 9.68 Å². The third-order valence-corrected chi connectivity index (χ3v) is 5.12. The predicted molar refractivity (Wildman–Crippen MR) is 106 cm³/mol. The van der Waals surface area contributed by atoms with Gasteiger partial charge < -0.3 is 24.7 Å². The van der Waals surface area contributed by atoms with Crippen molar-refractivity contribution in [3.05, 3.63) is 30.4 Å². The first-order valence-corrected chi connectivity index (χ1v) is 9.52. The lowest BCUT2D eigenvalue weighted by Gasteiger charge is -2.37. The van der Waals surface area contributed by atoms with E-state index < -0.39 is 0 Å². The van der Waals surface area contributed by atoms with Gasteiger partial charge in [-0.1, -0.05) is 6.92 Å². The maximum absolute atomic E-state index is 12.2. The van der Waals surface area contributed by atoms with Crippen molar-refractivity contribution in [3.63, 3.8) is 0 Å². The SMILES string of the molecule is C[C@H]1C[C@@H](Nc2c(-c3ncc(CO)o3)cnc3[nH]ccc23)CN(C(=O)CC#N)C1. The molecule has 29 heavy (non-hydrogen) atoms. The molecule has 1 saturated heterocycles. The van der Waals surface area contributed by atoms with Gasteiger partial charge in [0.05, 0.1) is 23.5 Å². The van der Waals surface area contributed by atoms with E-state index in [-0.39, 0.29) is 25.0 Å². The number of nitrogens with one attached hydrogen (secondary N) is 2. The lowest BCUT2D eigenvalue weighted by molar-refractivity contribution is -0.132. The number of nitrogens with zero attached hydrogens (tertiary/aromatic N) is 4. The molecular weight excluding hydrogens is 372 g/mol. The number of hydrogen-bond donors (Lipinski definition) is 3. The van der Waals surface area contributed by atoms with Gasteiger partial charge in [0.25, 0.3) is 0 Å². The van der Waals surface area contributed by atoms with E-state index in [0.29, 0.717) is 36.2 Å². The Morgan fingerprint density at radius 2 is 2.31 bits per heavy atom. The first-order chi connectivity index (χ1) is 14.1. The molecule has 0 unspecified atom stereocenters. The van der Waals surface area contributed by atoms with Crippen molar-refractivity contribution in [2.24, 2.45) is 5.92 Å². The summed E-state index contributed by atoms with van der Waals surface area (Å²) in [7, 11) is 0. The molecule has 0 saturated carbocycles. The number of likely N-dealkylation sites (tertiary alicyclic amines) is 1. The summed E-state index contributed by atoms with van der Waals surface area (Å²) in [4.78, 5) is 25.8. The molecule has 0 aliphatic carbocycles. The molecule has 3 N–H and O–H groups in total. The predicted octanol–water partition coefficient (Wildman–Crippen LogP) is 2.27. The number of H-pyrrole nitrogens is 1. The second kappa shape index (κ2) is 7.93. The van der Waals surface area contributed by atoms with Crippen LogP contribution >= 0.6 is 0 Å². The molecule has 3 aromatic rings. The van der Waals surface area contributed by atoms with E-state index in [9.17, 15) is 9.90 Å². The highest BCUT2D eigenvalue weighted by molar-refractivity contribution is 5.97. The fraction of sp³-hybridized carbons (Fsp3) is 0.400. The van der Waals surface area contributed by atoms with E-state index >= 15 is 0 Å². The average Bonchev–Trinajstić information content (AvgIpc) is 3.37. The monoisotopic (exact) mass is 394 g/mol. The Morgan fingerprint density at radius 3 is 3.07 bits per heavy atom. The maximum Gasteiger partial charge on any atom is 0.236 e. The van der Waals surface area contributed by atoms with Crippen LogP contribution in [-0.2, 0) is 11.4 Å². The lowest BCUT2D eigenvalue weighted by Crippen LogP contribution is -2.48. The molecule has 4 heterocycles. The molecule has 0 aromatic carbocycles. The number of pyridine rings is 1. The van der Waals surface area contributed by atoms with Gasteiger partial charge in [-0.3, -0.25) is 4.79 Å². The summed E-state index contributed by atoms with van der Waals surface area (Å²) in [5, 5.41) is 22.6. The Kier molecular flexibility index (Phi) is 5.18. The molecule has 4 rings (SSSR count). The molecule has 9 nitrogen and oxygen atoms in total. The molecule has 2 atom stereocenters. The molecule has 1 fully saturated rings. The smallest absolute Gasteiger partial charge is 0.236 e. The third-order valence-electron chi connectivity index (χ3n) is 5.12. The van der Waals surface area contributed by atoms with Crippen molar-refractivity contribution >= 4 is 22.6 Å². The zero-order chi connectivity index (χ0) is 20.4. The highest BCUT2D eigenvalue weighted by Gasteiger charge is 2.29. The minimum absolute atomic E-state index is 0.00733. The van der Waals surface area contributed by atoms with Crippen LogP contribution in [0.3, 0.4) is 0 Å². The van der Waals surface area contributed by atoms with Crippen molar-refractivity contribution in [1.29, 1.82) is 5.26 Å². The first-order valence-electron chi connectivity index (χ1n) is 9.52. The number of aliphatic hydroxyl groups is 1. The number of aromatic nitrogens is 3. The zero-order valence-corrected chi connectivity index (χ0v) is 16.1. The minimum Gasteiger partial charge on any atom is -0.439 e. The first kappa shape index (κ1) is 19.0. The van der Waals surface area contributed by atoms with Crippen LogP contribution in [0.1, 0.15) is 25.5 Å². The summed E-state index contributed by atoms with van der Waals surface area (Å²) >= 11 is 0. The van der Waals surface area contributed by atoms with Gasteiger partial charge in [0.2, 0.25) is 11.8 Å². The number of nitriles is 1. The number of aromatic amines is 1. The number of aliphatic hydroxyl groups excluding tert-OH is 1. The van der Waals surface area contributed by atoms with Crippen LogP contribution in [0.15, 0.2) is 29.1 Å². The van der Waals surface area contributed by atoms with E-state index in [1.54, 1.807) is 11.1 Å². The van der Waals surface area contributed by atoms with E-state index in [0.717, 1.165) is 23.1 Å². The van der Waals surface area contributed by atoms with Crippen molar-refractivity contribution < 1.29 is 14.3 Å². The third kappa shape index (κ3) is 3.79. The van der Waals surface area contributed by atoms with Gasteiger partial charge in [0, 0.05) is 36.9 Å². The number of carbonyl (C=O) groups excluding carboxylic acids is 1. The number of amides is 1. The van der Waals surface area contributed by atoms with Crippen LogP contribution in [0.25, 0.3) is 22.5 Å². The molecule has 3 aromatic heterocycles. The van der Waals surface area contributed by atoms with Crippen LogP contribution in [-0.4, -0.2) is 50.0 Å².